The zero-order valence-corrected chi connectivity index (χ0v) is 12.1. The number of hydrogen-bond acceptors (Lipinski definition) is 3. The molecule has 1 aromatic carbocycles. The number of rotatable bonds is 6. The summed E-state index contributed by atoms with van der Waals surface area (Å²) in [7, 11) is 0. The summed E-state index contributed by atoms with van der Waals surface area (Å²) in [6.07, 6.45) is 2.46. The Morgan fingerprint density at radius 3 is 2.65 bits per heavy atom. The Morgan fingerprint density at radius 2 is 2.06 bits per heavy atom. The monoisotopic (exact) mass is 347 g/mol. The van der Waals surface area contributed by atoms with Gasteiger partial charge in [0.25, 0.3) is 0 Å². The quantitative estimate of drug-likeness (QED) is 0.775. The Balaban J connectivity index is 1.76. The van der Waals surface area contributed by atoms with E-state index in [1.54, 1.807) is 6.92 Å². The van der Waals surface area contributed by atoms with Gasteiger partial charge in [-0.3, -0.25) is 0 Å². The minimum Gasteiger partial charge on any atom is -0.491 e. The molecule has 1 aliphatic carbocycles. The number of aliphatic hydroxyl groups is 1. The molecule has 0 amide bonds. The largest absolute Gasteiger partial charge is 0.491 e. The number of halogens is 1. The van der Waals surface area contributed by atoms with Crippen LogP contribution in [0.15, 0.2) is 24.3 Å². The van der Waals surface area contributed by atoms with E-state index in [4.69, 9.17) is 4.74 Å². The molecule has 1 aliphatic rings. The van der Waals surface area contributed by atoms with Gasteiger partial charge < -0.3 is 15.2 Å². The number of benzene rings is 1. The van der Waals surface area contributed by atoms with Gasteiger partial charge in [0, 0.05) is 16.2 Å². The van der Waals surface area contributed by atoms with Gasteiger partial charge in [-0.25, -0.2) is 0 Å². The van der Waals surface area contributed by atoms with Gasteiger partial charge in [-0.2, -0.15) is 0 Å². The molecule has 0 heterocycles. The molecular weight excluding hydrogens is 329 g/mol. The molecule has 1 fully saturated rings. The molecule has 4 heteroatoms. The Morgan fingerprint density at radius 1 is 1.41 bits per heavy atom. The van der Waals surface area contributed by atoms with Crippen molar-refractivity contribution in [3.63, 3.8) is 0 Å². The molecule has 1 saturated carbocycles. The van der Waals surface area contributed by atoms with Crippen LogP contribution in [0, 0.1) is 3.57 Å². The topological polar surface area (TPSA) is 41.5 Å². The van der Waals surface area contributed by atoms with Gasteiger partial charge in [0.05, 0.1) is 0 Å². The first-order valence-electron chi connectivity index (χ1n) is 5.89. The number of nitrogens with one attached hydrogen (secondary N) is 1. The van der Waals surface area contributed by atoms with Crippen LogP contribution in [-0.2, 0) is 0 Å². The summed E-state index contributed by atoms with van der Waals surface area (Å²) in [5, 5.41) is 13.4. The van der Waals surface area contributed by atoms with E-state index >= 15 is 0 Å². The van der Waals surface area contributed by atoms with Gasteiger partial charge in [0.2, 0.25) is 0 Å². The lowest BCUT2D eigenvalue weighted by molar-refractivity contribution is 0.0120. The third-order valence-electron chi connectivity index (χ3n) is 2.71. The van der Waals surface area contributed by atoms with E-state index in [1.165, 1.54) is 16.4 Å². The fourth-order valence-electron chi connectivity index (χ4n) is 1.47. The van der Waals surface area contributed by atoms with Crippen LogP contribution in [-0.4, -0.2) is 29.9 Å². The van der Waals surface area contributed by atoms with Gasteiger partial charge in [-0.15, -0.1) is 0 Å². The molecule has 1 aromatic rings. The van der Waals surface area contributed by atoms with Gasteiger partial charge in [-0.05, 0) is 66.6 Å². The van der Waals surface area contributed by atoms with Crippen molar-refractivity contribution in [2.24, 2.45) is 0 Å². The summed E-state index contributed by atoms with van der Waals surface area (Å²) in [5.74, 6) is 0.803. The smallest absolute Gasteiger partial charge is 0.119 e. The highest BCUT2D eigenvalue weighted by Crippen LogP contribution is 2.20. The second-order valence-corrected chi connectivity index (χ2v) is 6.14. The SMILES string of the molecule is CC(O)(CNC1CC1)COc1ccc(I)cc1. The first-order chi connectivity index (χ1) is 8.05. The zero-order valence-electron chi connectivity index (χ0n) is 9.95. The van der Waals surface area contributed by atoms with E-state index in [2.05, 4.69) is 27.9 Å². The standard InChI is InChI=1S/C13H18INO2/c1-13(16,8-15-11-4-5-11)9-17-12-6-2-10(14)3-7-12/h2-3,6-7,11,15-16H,4-5,8-9H2,1H3. The van der Waals surface area contributed by atoms with Crippen LogP contribution >= 0.6 is 22.6 Å². The predicted molar refractivity (Wildman–Crippen MR) is 76.3 cm³/mol. The number of hydrogen-bond donors (Lipinski definition) is 2. The minimum atomic E-state index is -0.814. The van der Waals surface area contributed by atoms with Crippen LogP contribution < -0.4 is 10.1 Å². The van der Waals surface area contributed by atoms with E-state index in [-0.39, 0.29) is 0 Å². The molecule has 0 saturated heterocycles. The Labute approximate surface area is 116 Å². The highest BCUT2D eigenvalue weighted by atomic mass is 127. The molecule has 0 spiro atoms. The molecule has 0 bridgehead atoms. The lowest BCUT2D eigenvalue weighted by atomic mass is 10.1. The van der Waals surface area contributed by atoms with Crippen molar-refractivity contribution >= 4 is 22.6 Å². The Kier molecular flexibility index (Phi) is 4.27. The van der Waals surface area contributed by atoms with Gasteiger partial charge in [0.15, 0.2) is 0 Å². The second kappa shape index (κ2) is 5.54. The highest BCUT2D eigenvalue weighted by Gasteiger charge is 2.27. The van der Waals surface area contributed by atoms with E-state index in [1.807, 2.05) is 24.3 Å². The second-order valence-electron chi connectivity index (χ2n) is 4.89. The predicted octanol–water partition coefficient (Wildman–Crippen LogP) is 2.17. The fraction of sp³-hybridized carbons (Fsp3) is 0.538. The summed E-state index contributed by atoms with van der Waals surface area (Å²) in [4.78, 5) is 0. The van der Waals surface area contributed by atoms with Crippen LogP contribution in [0.3, 0.4) is 0 Å². The molecule has 0 radical (unpaired) electrons. The van der Waals surface area contributed by atoms with Gasteiger partial charge in [-0.1, -0.05) is 0 Å². The molecule has 0 aliphatic heterocycles. The van der Waals surface area contributed by atoms with Crippen LogP contribution in [0.4, 0.5) is 0 Å². The summed E-state index contributed by atoms with van der Waals surface area (Å²) in [6.45, 7) is 2.70. The maximum absolute atomic E-state index is 10.1. The maximum atomic E-state index is 10.1. The highest BCUT2D eigenvalue weighted by molar-refractivity contribution is 14.1. The molecule has 1 unspecified atom stereocenters. The molecule has 1 atom stereocenters. The molecule has 2 N–H and O–H groups in total. The van der Waals surface area contributed by atoms with Gasteiger partial charge >= 0.3 is 0 Å². The van der Waals surface area contributed by atoms with Crippen molar-refractivity contribution in [3.05, 3.63) is 27.8 Å². The summed E-state index contributed by atoms with van der Waals surface area (Å²) >= 11 is 2.25. The first kappa shape index (κ1) is 13.1. The molecular formula is C13H18INO2. The van der Waals surface area contributed by atoms with Crippen LogP contribution in [0.25, 0.3) is 0 Å². The first-order valence-corrected chi connectivity index (χ1v) is 6.97. The molecule has 3 nitrogen and oxygen atoms in total. The third-order valence-corrected chi connectivity index (χ3v) is 3.43. The van der Waals surface area contributed by atoms with Crippen molar-refractivity contribution < 1.29 is 9.84 Å². The van der Waals surface area contributed by atoms with Crippen molar-refractivity contribution in [3.8, 4) is 5.75 Å². The average Bonchev–Trinajstić information content (AvgIpc) is 3.10. The van der Waals surface area contributed by atoms with Crippen molar-refractivity contribution in [1.82, 2.24) is 5.32 Å². The van der Waals surface area contributed by atoms with E-state index in [0.29, 0.717) is 19.2 Å². The Hall–Kier alpha value is -0.330. The van der Waals surface area contributed by atoms with Crippen molar-refractivity contribution in [2.75, 3.05) is 13.2 Å². The van der Waals surface area contributed by atoms with Crippen molar-refractivity contribution in [1.29, 1.82) is 0 Å². The Bertz CT molecular complexity index is 360. The fourth-order valence-corrected chi connectivity index (χ4v) is 1.83. The van der Waals surface area contributed by atoms with Gasteiger partial charge in [0.1, 0.15) is 18.0 Å². The maximum Gasteiger partial charge on any atom is 0.119 e. The molecule has 94 valence electrons. The molecule has 2 rings (SSSR count). The zero-order chi connectivity index (χ0) is 12.3. The van der Waals surface area contributed by atoms with E-state index in [9.17, 15) is 5.11 Å². The van der Waals surface area contributed by atoms with E-state index < -0.39 is 5.60 Å². The minimum absolute atomic E-state index is 0.313. The normalized spacial score (nSPS) is 18.8. The van der Waals surface area contributed by atoms with Crippen LogP contribution in [0.5, 0.6) is 5.75 Å². The summed E-state index contributed by atoms with van der Waals surface area (Å²) < 4.78 is 6.76. The number of ether oxygens (including phenoxy) is 1. The lowest BCUT2D eigenvalue weighted by Crippen LogP contribution is -2.43. The van der Waals surface area contributed by atoms with Crippen LogP contribution in [0.2, 0.25) is 0 Å². The van der Waals surface area contributed by atoms with E-state index in [0.717, 1.165) is 5.75 Å². The lowest BCUT2D eigenvalue weighted by Gasteiger charge is -2.24. The van der Waals surface area contributed by atoms with Crippen molar-refractivity contribution in [2.45, 2.75) is 31.4 Å². The average molecular weight is 347 g/mol. The molecule has 17 heavy (non-hydrogen) atoms. The summed E-state index contributed by atoms with van der Waals surface area (Å²) in [5.41, 5.74) is -0.814. The summed E-state index contributed by atoms with van der Waals surface area (Å²) in [6, 6.07) is 8.44. The molecule has 0 aromatic heterocycles. The third kappa shape index (κ3) is 4.81. The van der Waals surface area contributed by atoms with Crippen LogP contribution in [0.1, 0.15) is 19.8 Å².